The number of ether oxygens (including phenoxy) is 1. The van der Waals surface area contributed by atoms with Gasteiger partial charge in [-0.15, -0.1) is 21.5 Å². The quantitative estimate of drug-likeness (QED) is 0.280. The molecule has 33 heavy (non-hydrogen) atoms. The normalized spacial score (nSPS) is 17.8. The predicted octanol–water partition coefficient (Wildman–Crippen LogP) is 5.89. The molecule has 0 N–H and O–H groups in total. The fourth-order valence-corrected chi connectivity index (χ4v) is 7.08. The molecule has 2 heterocycles. The van der Waals surface area contributed by atoms with E-state index in [4.69, 9.17) is 16.3 Å². The van der Waals surface area contributed by atoms with Crippen molar-refractivity contribution in [3.05, 3.63) is 80.9 Å². The third kappa shape index (κ3) is 4.47. The van der Waals surface area contributed by atoms with Crippen molar-refractivity contribution in [1.82, 2.24) is 14.8 Å². The molecule has 2 atom stereocenters. The van der Waals surface area contributed by atoms with Gasteiger partial charge in [0.05, 0.1) is 22.9 Å². The average Bonchev–Trinajstić information content (AvgIpc) is 3.24. The second-order valence-electron chi connectivity index (χ2n) is 7.81. The lowest BCUT2D eigenvalue weighted by Crippen LogP contribution is -2.15. The van der Waals surface area contributed by atoms with Crippen molar-refractivity contribution >= 4 is 48.7 Å². The number of thiophene rings is 1. The van der Waals surface area contributed by atoms with Gasteiger partial charge >= 0.3 is 0 Å². The summed E-state index contributed by atoms with van der Waals surface area (Å²) >= 11 is 11.0. The van der Waals surface area contributed by atoms with Crippen LogP contribution in [0.5, 0.6) is 5.75 Å². The Kier molecular flexibility index (Phi) is 6.07. The second-order valence-corrected chi connectivity index (χ2v) is 12.3. The number of benzene rings is 2. The second kappa shape index (κ2) is 8.87. The highest BCUT2D eigenvalue weighted by molar-refractivity contribution is 9.10. The van der Waals surface area contributed by atoms with Gasteiger partial charge in [0.15, 0.2) is 21.5 Å². The summed E-state index contributed by atoms with van der Waals surface area (Å²) in [5, 5.41) is 10.8. The van der Waals surface area contributed by atoms with Crippen molar-refractivity contribution in [2.24, 2.45) is 0 Å². The molecule has 2 aromatic carbocycles. The van der Waals surface area contributed by atoms with E-state index in [2.05, 4.69) is 26.1 Å². The zero-order valence-electron chi connectivity index (χ0n) is 17.5. The van der Waals surface area contributed by atoms with E-state index < -0.39 is 15.1 Å². The minimum Gasteiger partial charge on any atom is -0.495 e. The summed E-state index contributed by atoms with van der Waals surface area (Å²) in [7, 11) is -1.89. The van der Waals surface area contributed by atoms with Gasteiger partial charge in [0, 0.05) is 15.4 Å². The van der Waals surface area contributed by atoms with E-state index in [9.17, 15) is 8.42 Å². The summed E-state index contributed by atoms with van der Waals surface area (Å²) in [5.74, 6) is 1.30. The fourth-order valence-electron chi connectivity index (χ4n) is 3.98. The molecule has 1 aliphatic rings. The number of methoxy groups -OCH3 is 1. The summed E-state index contributed by atoms with van der Waals surface area (Å²) in [6, 6.07) is 16.8. The molecule has 4 aromatic rings. The number of hydrogen-bond donors (Lipinski definition) is 0. The van der Waals surface area contributed by atoms with E-state index >= 15 is 0 Å². The van der Waals surface area contributed by atoms with Crippen LogP contribution in [0.1, 0.15) is 23.7 Å². The molecule has 0 aliphatic heterocycles. The zero-order valence-corrected chi connectivity index (χ0v) is 21.5. The van der Waals surface area contributed by atoms with Crippen LogP contribution >= 0.6 is 38.9 Å². The SMILES string of the molecule is COc1ccc(Br)cc1-n1c(CS(=O)(=O)[C@H]2C[C@@H]2c2ccc(Cl)cc2)nnc1-c1cccs1. The maximum Gasteiger partial charge on any atom is 0.178 e. The van der Waals surface area contributed by atoms with Crippen LogP contribution in [-0.2, 0) is 15.6 Å². The van der Waals surface area contributed by atoms with Crippen molar-refractivity contribution in [2.45, 2.75) is 23.3 Å². The lowest BCUT2D eigenvalue weighted by atomic mass is 10.1. The number of rotatable bonds is 7. The van der Waals surface area contributed by atoms with E-state index in [-0.39, 0.29) is 11.7 Å². The summed E-state index contributed by atoms with van der Waals surface area (Å²) in [6.45, 7) is 0. The van der Waals surface area contributed by atoms with E-state index in [1.807, 2.05) is 47.8 Å². The zero-order chi connectivity index (χ0) is 23.2. The molecule has 1 saturated carbocycles. The van der Waals surface area contributed by atoms with Gasteiger partial charge in [-0.25, -0.2) is 8.42 Å². The lowest BCUT2D eigenvalue weighted by molar-refractivity contribution is 0.412. The minimum absolute atomic E-state index is 0.0270. The maximum absolute atomic E-state index is 13.4. The summed E-state index contributed by atoms with van der Waals surface area (Å²) in [5.41, 5.74) is 1.66. The molecule has 0 saturated heterocycles. The van der Waals surface area contributed by atoms with Gasteiger partial charge in [-0.3, -0.25) is 4.57 Å². The van der Waals surface area contributed by atoms with Gasteiger partial charge in [-0.2, -0.15) is 0 Å². The standard InChI is InChI=1S/C23H19BrClN3O3S2/c1-31-19-9-6-15(24)11-18(19)28-22(26-27-23(28)20-3-2-10-32-20)13-33(29,30)21-12-17(21)14-4-7-16(25)8-5-14/h2-11,17,21H,12-13H2,1H3/t17-,21+/m1/s1. The Morgan fingerprint density at radius 1 is 1.18 bits per heavy atom. The van der Waals surface area contributed by atoms with Crippen molar-refractivity contribution in [1.29, 1.82) is 0 Å². The van der Waals surface area contributed by atoms with Gasteiger partial charge < -0.3 is 4.74 Å². The average molecular weight is 565 g/mol. The van der Waals surface area contributed by atoms with Crippen LogP contribution in [0.3, 0.4) is 0 Å². The number of aromatic nitrogens is 3. The van der Waals surface area contributed by atoms with Crippen LogP contribution < -0.4 is 4.74 Å². The van der Waals surface area contributed by atoms with Crippen molar-refractivity contribution < 1.29 is 13.2 Å². The van der Waals surface area contributed by atoms with Gasteiger partial charge in [0.2, 0.25) is 0 Å². The molecule has 1 fully saturated rings. The molecule has 10 heteroatoms. The first-order valence-corrected chi connectivity index (χ1v) is 13.9. The minimum atomic E-state index is -3.47. The number of sulfone groups is 1. The molecule has 0 bridgehead atoms. The molecule has 1 aliphatic carbocycles. The van der Waals surface area contributed by atoms with E-state index in [0.717, 1.165) is 14.9 Å². The van der Waals surface area contributed by atoms with Crippen molar-refractivity contribution in [3.8, 4) is 22.1 Å². The molecule has 2 aromatic heterocycles. The lowest BCUT2D eigenvalue weighted by Gasteiger charge is -2.14. The monoisotopic (exact) mass is 563 g/mol. The molecule has 6 nitrogen and oxygen atoms in total. The van der Waals surface area contributed by atoms with Crippen molar-refractivity contribution in [2.75, 3.05) is 7.11 Å². The topological polar surface area (TPSA) is 74.1 Å². The summed E-state index contributed by atoms with van der Waals surface area (Å²) in [4.78, 5) is 0.888. The van der Waals surface area contributed by atoms with Crippen LogP contribution in [0, 0.1) is 0 Å². The Balaban J connectivity index is 1.53. The highest BCUT2D eigenvalue weighted by atomic mass is 79.9. The molecule has 0 radical (unpaired) electrons. The Morgan fingerprint density at radius 3 is 2.67 bits per heavy atom. The number of hydrogen-bond acceptors (Lipinski definition) is 6. The van der Waals surface area contributed by atoms with Crippen molar-refractivity contribution in [3.63, 3.8) is 0 Å². The van der Waals surface area contributed by atoms with E-state index in [1.165, 1.54) is 11.3 Å². The Hall–Kier alpha value is -2.20. The molecular weight excluding hydrogens is 546 g/mol. The van der Waals surface area contributed by atoms with Gasteiger partial charge in [0.1, 0.15) is 11.5 Å². The Bertz CT molecular complexity index is 1400. The van der Waals surface area contributed by atoms with Crippen LogP contribution in [0.15, 0.2) is 64.5 Å². The highest BCUT2D eigenvalue weighted by Crippen LogP contribution is 2.47. The first-order valence-electron chi connectivity index (χ1n) is 10.2. The summed E-state index contributed by atoms with van der Waals surface area (Å²) in [6.07, 6.45) is 0.593. The molecule has 5 rings (SSSR count). The first-order chi connectivity index (χ1) is 15.9. The Labute approximate surface area is 209 Å². The Morgan fingerprint density at radius 2 is 1.97 bits per heavy atom. The first kappa shape index (κ1) is 22.6. The third-order valence-corrected chi connectivity index (χ3v) is 9.39. The smallest absolute Gasteiger partial charge is 0.178 e. The van der Waals surface area contributed by atoms with Gasteiger partial charge in [-0.05, 0) is 53.8 Å². The van der Waals surface area contributed by atoms with E-state index in [0.29, 0.717) is 34.5 Å². The van der Waals surface area contributed by atoms with Crippen LogP contribution in [0.2, 0.25) is 5.02 Å². The molecular formula is C23H19BrClN3O3S2. The van der Waals surface area contributed by atoms with Gasteiger partial charge in [0.25, 0.3) is 0 Å². The van der Waals surface area contributed by atoms with E-state index in [1.54, 1.807) is 23.8 Å². The predicted molar refractivity (Wildman–Crippen MR) is 134 cm³/mol. The molecule has 0 spiro atoms. The maximum atomic E-state index is 13.4. The van der Waals surface area contributed by atoms with Crippen LogP contribution in [-0.4, -0.2) is 35.5 Å². The highest BCUT2D eigenvalue weighted by Gasteiger charge is 2.48. The van der Waals surface area contributed by atoms with Gasteiger partial charge in [-0.1, -0.05) is 45.7 Å². The third-order valence-electron chi connectivity index (χ3n) is 5.68. The van der Waals surface area contributed by atoms with Crippen LogP contribution in [0.4, 0.5) is 0 Å². The number of halogens is 2. The molecule has 0 unspecified atom stereocenters. The number of nitrogens with zero attached hydrogens (tertiary/aromatic N) is 3. The molecule has 170 valence electrons. The fraction of sp³-hybridized carbons (Fsp3) is 0.217. The largest absolute Gasteiger partial charge is 0.495 e. The molecule has 0 amide bonds. The summed E-state index contributed by atoms with van der Waals surface area (Å²) < 4.78 is 34.9. The van der Waals surface area contributed by atoms with Crippen LogP contribution in [0.25, 0.3) is 16.4 Å².